The normalized spacial score (nSPS) is 20.9. The lowest BCUT2D eigenvalue weighted by molar-refractivity contribution is -0.130. The SMILES string of the molecule is CCOc1ccc(CN2CC(C(=O)NCc3ccncc3)C3(CCOCC3)C2)cc1. The predicted molar refractivity (Wildman–Crippen MR) is 115 cm³/mol. The van der Waals surface area contributed by atoms with Gasteiger partial charge in [-0.1, -0.05) is 12.1 Å². The first-order valence-electron chi connectivity index (χ1n) is 10.9. The van der Waals surface area contributed by atoms with Crippen LogP contribution in [0, 0.1) is 11.3 Å². The molecule has 0 radical (unpaired) electrons. The Bertz CT molecular complexity index is 819. The summed E-state index contributed by atoms with van der Waals surface area (Å²) in [5.74, 6) is 1.05. The fourth-order valence-electron chi connectivity index (χ4n) is 4.77. The molecule has 2 fully saturated rings. The first-order valence-corrected chi connectivity index (χ1v) is 10.9. The van der Waals surface area contributed by atoms with Crippen LogP contribution in [0.1, 0.15) is 30.9 Å². The molecule has 2 saturated heterocycles. The van der Waals surface area contributed by atoms with Crippen LogP contribution in [0.5, 0.6) is 5.75 Å². The first kappa shape index (κ1) is 20.8. The average molecular weight is 410 g/mol. The Morgan fingerprint density at radius 2 is 1.90 bits per heavy atom. The number of carbonyl (C=O) groups excluding carboxylic acids is 1. The van der Waals surface area contributed by atoms with Gasteiger partial charge in [0.05, 0.1) is 12.5 Å². The number of hydrogen-bond acceptors (Lipinski definition) is 5. The average Bonchev–Trinajstić information content (AvgIpc) is 3.12. The molecule has 1 unspecified atom stereocenters. The number of nitrogens with zero attached hydrogens (tertiary/aromatic N) is 2. The number of aromatic nitrogens is 1. The van der Waals surface area contributed by atoms with Crippen molar-refractivity contribution in [3.63, 3.8) is 0 Å². The minimum Gasteiger partial charge on any atom is -0.494 e. The van der Waals surface area contributed by atoms with Crippen LogP contribution in [-0.4, -0.2) is 48.7 Å². The molecule has 1 N–H and O–H groups in total. The van der Waals surface area contributed by atoms with Crippen molar-refractivity contribution in [1.82, 2.24) is 15.2 Å². The van der Waals surface area contributed by atoms with Crippen LogP contribution in [0.2, 0.25) is 0 Å². The molecule has 2 aliphatic rings. The monoisotopic (exact) mass is 409 g/mol. The van der Waals surface area contributed by atoms with Crippen LogP contribution in [0.4, 0.5) is 0 Å². The van der Waals surface area contributed by atoms with Gasteiger partial charge in [-0.15, -0.1) is 0 Å². The molecule has 6 nitrogen and oxygen atoms in total. The Kier molecular flexibility index (Phi) is 6.65. The van der Waals surface area contributed by atoms with Gasteiger partial charge in [0.2, 0.25) is 5.91 Å². The Hall–Kier alpha value is -2.44. The zero-order valence-electron chi connectivity index (χ0n) is 17.7. The number of pyridine rings is 1. The molecule has 6 heteroatoms. The zero-order chi connectivity index (χ0) is 20.8. The van der Waals surface area contributed by atoms with Gasteiger partial charge >= 0.3 is 0 Å². The summed E-state index contributed by atoms with van der Waals surface area (Å²) >= 11 is 0. The summed E-state index contributed by atoms with van der Waals surface area (Å²) < 4.78 is 11.2. The number of nitrogens with one attached hydrogen (secondary N) is 1. The van der Waals surface area contributed by atoms with Gasteiger partial charge in [0.25, 0.3) is 0 Å². The minimum absolute atomic E-state index is 0.00579. The first-order chi connectivity index (χ1) is 14.7. The van der Waals surface area contributed by atoms with Crippen molar-refractivity contribution in [3.8, 4) is 5.75 Å². The summed E-state index contributed by atoms with van der Waals surface area (Å²) in [7, 11) is 0. The topological polar surface area (TPSA) is 63.7 Å². The number of carbonyl (C=O) groups is 1. The van der Waals surface area contributed by atoms with Gasteiger partial charge in [0.15, 0.2) is 0 Å². The molecule has 2 aromatic rings. The van der Waals surface area contributed by atoms with E-state index in [0.717, 1.165) is 57.0 Å². The van der Waals surface area contributed by atoms with Crippen LogP contribution in [0.15, 0.2) is 48.8 Å². The fourth-order valence-corrected chi connectivity index (χ4v) is 4.77. The third-order valence-electron chi connectivity index (χ3n) is 6.38. The molecule has 0 saturated carbocycles. The summed E-state index contributed by atoms with van der Waals surface area (Å²) in [4.78, 5) is 19.7. The molecule has 0 bridgehead atoms. The molecule has 1 atom stereocenters. The maximum absolute atomic E-state index is 13.2. The van der Waals surface area contributed by atoms with Crippen molar-refractivity contribution < 1.29 is 14.3 Å². The maximum atomic E-state index is 13.2. The molecule has 1 spiro atoms. The van der Waals surface area contributed by atoms with E-state index in [1.165, 1.54) is 5.56 Å². The Balaban J connectivity index is 1.42. The van der Waals surface area contributed by atoms with Gasteiger partial charge in [0, 0.05) is 57.2 Å². The fraction of sp³-hybridized carbons (Fsp3) is 0.500. The van der Waals surface area contributed by atoms with Crippen molar-refractivity contribution in [2.45, 2.75) is 32.9 Å². The highest BCUT2D eigenvalue weighted by atomic mass is 16.5. The molecule has 1 aromatic heterocycles. The van der Waals surface area contributed by atoms with Gasteiger partial charge in [0.1, 0.15) is 5.75 Å². The summed E-state index contributed by atoms with van der Waals surface area (Å²) in [6, 6.07) is 12.2. The van der Waals surface area contributed by atoms with E-state index < -0.39 is 0 Å². The molecule has 1 amide bonds. The summed E-state index contributed by atoms with van der Waals surface area (Å²) in [6.45, 7) is 7.27. The van der Waals surface area contributed by atoms with Crippen LogP contribution in [-0.2, 0) is 22.6 Å². The molecule has 0 aliphatic carbocycles. The van der Waals surface area contributed by atoms with Crippen molar-refractivity contribution in [3.05, 3.63) is 59.9 Å². The van der Waals surface area contributed by atoms with Gasteiger partial charge in [-0.2, -0.15) is 0 Å². The molecule has 160 valence electrons. The standard InChI is InChI=1S/C24H31N3O3/c1-2-30-21-5-3-20(4-6-21)16-27-17-22(24(18-27)9-13-29-14-10-24)23(28)26-15-19-7-11-25-12-8-19/h3-8,11-12,22H,2,9-10,13-18H2,1H3,(H,26,28). The lowest BCUT2D eigenvalue weighted by atomic mass is 9.71. The smallest absolute Gasteiger partial charge is 0.225 e. The van der Waals surface area contributed by atoms with Crippen molar-refractivity contribution in [1.29, 1.82) is 0 Å². The zero-order valence-corrected chi connectivity index (χ0v) is 17.7. The van der Waals surface area contributed by atoms with Crippen molar-refractivity contribution >= 4 is 5.91 Å². The number of hydrogen-bond donors (Lipinski definition) is 1. The van der Waals surface area contributed by atoms with Gasteiger partial charge < -0.3 is 14.8 Å². The lowest BCUT2D eigenvalue weighted by Gasteiger charge is -2.37. The molecule has 2 aliphatic heterocycles. The highest BCUT2D eigenvalue weighted by Gasteiger charge is 2.50. The van der Waals surface area contributed by atoms with Gasteiger partial charge in [-0.25, -0.2) is 0 Å². The largest absolute Gasteiger partial charge is 0.494 e. The number of rotatable bonds is 7. The maximum Gasteiger partial charge on any atom is 0.225 e. The van der Waals surface area contributed by atoms with Crippen LogP contribution < -0.4 is 10.1 Å². The molecule has 4 rings (SSSR count). The van der Waals surface area contributed by atoms with E-state index in [1.807, 2.05) is 31.2 Å². The van der Waals surface area contributed by atoms with E-state index in [4.69, 9.17) is 9.47 Å². The predicted octanol–water partition coefficient (Wildman–Crippen LogP) is 3.03. The van der Waals surface area contributed by atoms with Crippen LogP contribution in [0.25, 0.3) is 0 Å². The van der Waals surface area contributed by atoms with E-state index >= 15 is 0 Å². The minimum atomic E-state index is -0.00839. The highest BCUT2D eigenvalue weighted by molar-refractivity contribution is 5.80. The summed E-state index contributed by atoms with van der Waals surface area (Å²) in [5.41, 5.74) is 2.33. The quantitative estimate of drug-likeness (QED) is 0.762. The number of amides is 1. The van der Waals surface area contributed by atoms with Crippen LogP contribution >= 0.6 is 0 Å². The third-order valence-corrected chi connectivity index (χ3v) is 6.38. The second kappa shape index (κ2) is 9.58. The molecule has 1 aromatic carbocycles. The molecule has 30 heavy (non-hydrogen) atoms. The van der Waals surface area contributed by atoms with E-state index in [2.05, 4.69) is 27.3 Å². The Morgan fingerprint density at radius 1 is 1.17 bits per heavy atom. The Morgan fingerprint density at radius 3 is 2.60 bits per heavy atom. The van der Waals surface area contributed by atoms with Crippen molar-refractivity contribution in [2.75, 3.05) is 32.9 Å². The van der Waals surface area contributed by atoms with E-state index in [-0.39, 0.29) is 17.2 Å². The van der Waals surface area contributed by atoms with E-state index in [0.29, 0.717) is 13.2 Å². The second-order valence-electron chi connectivity index (χ2n) is 8.35. The van der Waals surface area contributed by atoms with E-state index in [1.54, 1.807) is 12.4 Å². The molecular weight excluding hydrogens is 378 g/mol. The number of benzene rings is 1. The lowest BCUT2D eigenvalue weighted by Crippen LogP contribution is -2.44. The highest BCUT2D eigenvalue weighted by Crippen LogP contribution is 2.44. The van der Waals surface area contributed by atoms with Gasteiger partial charge in [-0.3, -0.25) is 14.7 Å². The number of ether oxygens (including phenoxy) is 2. The third kappa shape index (κ3) is 4.82. The Labute approximate surface area is 178 Å². The number of likely N-dealkylation sites (tertiary alicyclic amines) is 1. The second-order valence-corrected chi connectivity index (χ2v) is 8.35. The summed E-state index contributed by atoms with van der Waals surface area (Å²) in [5, 5.41) is 3.17. The molecule has 3 heterocycles. The van der Waals surface area contributed by atoms with E-state index in [9.17, 15) is 4.79 Å². The van der Waals surface area contributed by atoms with Gasteiger partial charge in [-0.05, 0) is 55.2 Å². The summed E-state index contributed by atoms with van der Waals surface area (Å²) in [6.07, 6.45) is 5.41. The van der Waals surface area contributed by atoms with Crippen LogP contribution in [0.3, 0.4) is 0 Å². The molecular formula is C24H31N3O3. The van der Waals surface area contributed by atoms with Crippen molar-refractivity contribution in [2.24, 2.45) is 11.3 Å².